The predicted octanol–water partition coefficient (Wildman–Crippen LogP) is 0.265. The highest BCUT2D eigenvalue weighted by Crippen LogP contribution is 2.33. The zero-order valence-electron chi connectivity index (χ0n) is 11.1. The lowest BCUT2D eigenvalue weighted by Crippen LogP contribution is -2.30. The molecule has 0 fully saturated rings. The molecule has 0 bridgehead atoms. The van der Waals surface area contributed by atoms with E-state index in [1.807, 2.05) is 0 Å². The molecule has 1 aromatic heterocycles. The molecule has 0 spiro atoms. The molecule has 2 aromatic rings. The van der Waals surface area contributed by atoms with Gasteiger partial charge in [-0.25, -0.2) is 9.48 Å². The number of fused-ring (bicyclic) bond motifs is 1. The first kappa shape index (κ1) is 13.6. The third-order valence-corrected chi connectivity index (χ3v) is 5.26. The van der Waals surface area contributed by atoms with Gasteiger partial charge in [-0.3, -0.25) is 4.31 Å². The SMILES string of the molecule is Cn1nncc1S(=O)(=O)N1CCc2cc(C(=O)O)ccc21. The molecule has 0 atom stereocenters. The van der Waals surface area contributed by atoms with Crippen molar-refractivity contribution in [3.63, 3.8) is 0 Å². The van der Waals surface area contributed by atoms with E-state index in [1.165, 1.54) is 40.4 Å². The van der Waals surface area contributed by atoms with Gasteiger partial charge in [0.25, 0.3) is 10.0 Å². The Morgan fingerprint density at radius 2 is 2.14 bits per heavy atom. The summed E-state index contributed by atoms with van der Waals surface area (Å²) >= 11 is 0. The van der Waals surface area contributed by atoms with E-state index < -0.39 is 16.0 Å². The molecule has 0 unspecified atom stereocenters. The van der Waals surface area contributed by atoms with E-state index in [0.717, 1.165) is 0 Å². The largest absolute Gasteiger partial charge is 0.478 e. The van der Waals surface area contributed by atoms with Crippen LogP contribution in [0.25, 0.3) is 0 Å². The van der Waals surface area contributed by atoms with E-state index >= 15 is 0 Å². The van der Waals surface area contributed by atoms with Gasteiger partial charge in [0.15, 0.2) is 5.03 Å². The van der Waals surface area contributed by atoms with E-state index in [2.05, 4.69) is 10.3 Å². The number of carbonyl (C=O) groups is 1. The maximum absolute atomic E-state index is 12.6. The van der Waals surface area contributed by atoms with Gasteiger partial charge in [-0.05, 0) is 30.2 Å². The second-order valence-electron chi connectivity index (χ2n) is 4.67. The third-order valence-electron chi connectivity index (χ3n) is 3.41. The first-order valence-corrected chi connectivity index (χ1v) is 7.59. The molecular formula is C12H12N4O4S. The highest BCUT2D eigenvalue weighted by Gasteiger charge is 2.33. The Bertz CT molecular complexity index is 828. The summed E-state index contributed by atoms with van der Waals surface area (Å²) in [5, 5.41) is 16.2. The van der Waals surface area contributed by atoms with Gasteiger partial charge < -0.3 is 5.11 Å². The summed E-state index contributed by atoms with van der Waals surface area (Å²) in [6.45, 7) is 0.270. The van der Waals surface area contributed by atoms with Gasteiger partial charge in [0.1, 0.15) is 0 Å². The predicted molar refractivity (Wildman–Crippen MR) is 72.6 cm³/mol. The van der Waals surface area contributed by atoms with Crippen LogP contribution in [-0.2, 0) is 23.5 Å². The maximum atomic E-state index is 12.6. The van der Waals surface area contributed by atoms with Crippen molar-refractivity contribution in [1.82, 2.24) is 15.0 Å². The fourth-order valence-corrected chi connectivity index (χ4v) is 3.93. The zero-order chi connectivity index (χ0) is 15.2. The van der Waals surface area contributed by atoms with Crippen molar-refractivity contribution in [2.45, 2.75) is 11.4 Å². The van der Waals surface area contributed by atoms with Crippen LogP contribution in [0.2, 0.25) is 0 Å². The molecule has 1 N–H and O–H groups in total. The molecular weight excluding hydrogens is 296 g/mol. The highest BCUT2D eigenvalue weighted by molar-refractivity contribution is 7.92. The summed E-state index contributed by atoms with van der Waals surface area (Å²) in [5.74, 6) is -1.03. The van der Waals surface area contributed by atoms with Crippen LogP contribution in [0, 0.1) is 0 Å². The number of hydrogen-bond acceptors (Lipinski definition) is 5. The molecule has 1 aromatic carbocycles. The van der Waals surface area contributed by atoms with Gasteiger partial charge in [-0.15, -0.1) is 5.10 Å². The molecule has 9 heteroatoms. The number of aryl methyl sites for hydroxylation is 1. The Kier molecular flexibility index (Phi) is 2.94. The van der Waals surface area contributed by atoms with Crippen molar-refractivity contribution in [2.24, 2.45) is 7.05 Å². The minimum atomic E-state index is -3.75. The fourth-order valence-electron chi connectivity index (χ4n) is 2.38. The highest BCUT2D eigenvalue weighted by atomic mass is 32.2. The summed E-state index contributed by atoms with van der Waals surface area (Å²) in [4.78, 5) is 11.0. The molecule has 0 amide bonds. The molecule has 3 rings (SSSR count). The normalized spacial score (nSPS) is 14.2. The first-order valence-electron chi connectivity index (χ1n) is 6.15. The summed E-state index contributed by atoms with van der Waals surface area (Å²) in [7, 11) is -2.24. The third kappa shape index (κ3) is 2.05. The number of aromatic nitrogens is 3. The van der Waals surface area contributed by atoms with Crippen LogP contribution >= 0.6 is 0 Å². The molecule has 8 nitrogen and oxygen atoms in total. The van der Waals surface area contributed by atoms with Crippen LogP contribution < -0.4 is 4.31 Å². The molecule has 1 aliphatic heterocycles. The Morgan fingerprint density at radius 3 is 2.76 bits per heavy atom. The summed E-state index contributed by atoms with van der Waals surface area (Å²) in [6, 6.07) is 4.43. The standard InChI is InChI=1S/C12H12N4O4S/c1-15-11(7-13-14-15)21(19,20)16-5-4-8-6-9(12(17)18)2-3-10(8)16/h2-3,6-7H,4-5H2,1H3,(H,17,18). The van der Waals surface area contributed by atoms with E-state index in [1.54, 1.807) is 0 Å². The minimum absolute atomic E-state index is 0.00217. The maximum Gasteiger partial charge on any atom is 0.335 e. The van der Waals surface area contributed by atoms with Crippen molar-refractivity contribution in [3.8, 4) is 0 Å². The Hall–Kier alpha value is -2.42. The van der Waals surface area contributed by atoms with Gasteiger partial charge in [-0.2, -0.15) is 8.42 Å². The molecule has 0 saturated heterocycles. The number of hydrogen-bond donors (Lipinski definition) is 1. The second-order valence-corrected chi connectivity index (χ2v) is 6.48. The minimum Gasteiger partial charge on any atom is -0.478 e. The van der Waals surface area contributed by atoms with Gasteiger partial charge in [0.05, 0.1) is 17.4 Å². The van der Waals surface area contributed by atoms with E-state index in [-0.39, 0.29) is 17.1 Å². The number of rotatable bonds is 3. The van der Waals surface area contributed by atoms with Crippen molar-refractivity contribution >= 4 is 21.7 Å². The number of sulfonamides is 1. The zero-order valence-corrected chi connectivity index (χ0v) is 11.9. The number of anilines is 1. The van der Waals surface area contributed by atoms with Gasteiger partial charge in [0.2, 0.25) is 0 Å². The van der Waals surface area contributed by atoms with Crippen LogP contribution in [0.4, 0.5) is 5.69 Å². The van der Waals surface area contributed by atoms with Crippen molar-refractivity contribution in [3.05, 3.63) is 35.5 Å². The van der Waals surface area contributed by atoms with Crippen LogP contribution in [0.15, 0.2) is 29.4 Å². The van der Waals surface area contributed by atoms with Gasteiger partial charge in [-0.1, -0.05) is 5.21 Å². The molecule has 21 heavy (non-hydrogen) atoms. The lowest BCUT2D eigenvalue weighted by molar-refractivity contribution is 0.0697. The average molecular weight is 308 g/mol. The quantitative estimate of drug-likeness (QED) is 0.872. The number of nitrogens with zero attached hydrogens (tertiary/aromatic N) is 4. The number of benzene rings is 1. The van der Waals surface area contributed by atoms with Crippen molar-refractivity contribution in [1.29, 1.82) is 0 Å². The van der Waals surface area contributed by atoms with E-state index in [9.17, 15) is 13.2 Å². The summed E-state index contributed by atoms with van der Waals surface area (Å²) in [6.07, 6.45) is 1.67. The smallest absolute Gasteiger partial charge is 0.335 e. The van der Waals surface area contributed by atoms with Crippen LogP contribution in [0.3, 0.4) is 0 Å². The van der Waals surface area contributed by atoms with Crippen LogP contribution in [0.1, 0.15) is 15.9 Å². The molecule has 1 aliphatic rings. The Morgan fingerprint density at radius 1 is 1.38 bits per heavy atom. The topological polar surface area (TPSA) is 105 Å². The summed E-state index contributed by atoms with van der Waals surface area (Å²) < 4.78 is 27.7. The van der Waals surface area contributed by atoms with Gasteiger partial charge in [0, 0.05) is 13.6 Å². The van der Waals surface area contributed by atoms with E-state index in [0.29, 0.717) is 17.7 Å². The Labute approximate surface area is 120 Å². The van der Waals surface area contributed by atoms with Crippen molar-refractivity contribution < 1.29 is 18.3 Å². The van der Waals surface area contributed by atoms with Gasteiger partial charge >= 0.3 is 5.97 Å². The lowest BCUT2D eigenvalue weighted by Gasteiger charge is -2.18. The molecule has 0 aliphatic carbocycles. The van der Waals surface area contributed by atoms with Crippen molar-refractivity contribution in [2.75, 3.05) is 10.8 Å². The monoisotopic (exact) mass is 308 g/mol. The average Bonchev–Trinajstić information content (AvgIpc) is 3.03. The fraction of sp³-hybridized carbons (Fsp3) is 0.250. The second kappa shape index (κ2) is 4.55. The molecule has 2 heterocycles. The Balaban J connectivity index is 2.06. The summed E-state index contributed by atoms with van der Waals surface area (Å²) in [5.41, 5.74) is 1.35. The molecule has 0 saturated carbocycles. The number of carboxylic acids is 1. The molecule has 0 radical (unpaired) electrons. The van der Waals surface area contributed by atoms with Crippen LogP contribution in [0.5, 0.6) is 0 Å². The molecule has 110 valence electrons. The van der Waals surface area contributed by atoms with E-state index in [4.69, 9.17) is 5.11 Å². The lowest BCUT2D eigenvalue weighted by atomic mass is 10.1. The number of aromatic carboxylic acids is 1. The number of carboxylic acid groups (broad SMARTS) is 1. The van der Waals surface area contributed by atoms with Crippen LogP contribution in [-0.4, -0.2) is 41.0 Å². The first-order chi connectivity index (χ1) is 9.91.